The number of nitrogens with zero attached hydrogens (tertiary/aromatic N) is 2. The van der Waals surface area contributed by atoms with Gasteiger partial charge in [0, 0.05) is 18.2 Å². The van der Waals surface area contributed by atoms with Crippen molar-refractivity contribution in [2.75, 3.05) is 0 Å². The van der Waals surface area contributed by atoms with Crippen LogP contribution < -0.4 is 5.32 Å². The maximum atomic E-state index is 4.25. The number of aromatic nitrogens is 2. The predicted octanol–water partition coefficient (Wildman–Crippen LogP) is 2.77. The summed E-state index contributed by atoms with van der Waals surface area (Å²) in [5.41, 5.74) is 2.43. The summed E-state index contributed by atoms with van der Waals surface area (Å²) in [6.07, 6.45) is 2.62. The van der Waals surface area contributed by atoms with E-state index in [1.165, 1.54) is 24.0 Å². The fraction of sp³-hybridized carbons (Fsp3) is 0.385. The Labute approximate surface area is 105 Å². The molecule has 4 heteroatoms. The Kier molecular flexibility index (Phi) is 2.91. The van der Waals surface area contributed by atoms with Crippen LogP contribution in [0.5, 0.6) is 0 Å². The third kappa shape index (κ3) is 2.70. The van der Waals surface area contributed by atoms with Gasteiger partial charge in [-0.05, 0) is 25.8 Å². The molecule has 0 spiro atoms. The van der Waals surface area contributed by atoms with Gasteiger partial charge in [0.05, 0.1) is 0 Å². The molecule has 0 unspecified atom stereocenters. The molecule has 0 amide bonds. The summed E-state index contributed by atoms with van der Waals surface area (Å²) in [5, 5.41) is 14.0. The Morgan fingerprint density at radius 1 is 1.35 bits per heavy atom. The molecular formula is C13H15N3S. The van der Waals surface area contributed by atoms with Gasteiger partial charge in [0.2, 0.25) is 0 Å². The molecule has 1 fully saturated rings. The molecule has 0 aliphatic heterocycles. The number of benzene rings is 1. The summed E-state index contributed by atoms with van der Waals surface area (Å²) < 4.78 is 0. The molecule has 0 bridgehead atoms. The summed E-state index contributed by atoms with van der Waals surface area (Å²) >= 11 is 1.68. The number of aryl methyl sites for hydroxylation is 1. The molecule has 0 radical (unpaired) electrons. The molecule has 1 N–H and O–H groups in total. The number of nitrogens with one attached hydrogen (secondary N) is 1. The molecule has 1 heterocycles. The fourth-order valence-electron chi connectivity index (χ4n) is 1.74. The average molecular weight is 245 g/mol. The van der Waals surface area contributed by atoms with Crippen LogP contribution in [0.1, 0.15) is 23.4 Å². The van der Waals surface area contributed by atoms with Crippen molar-refractivity contribution in [3.63, 3.8) is 0 Å². The second kappa shape index (κ2) is 4.55. The molecule has 17 heavy (non-hydrogen) atoms. The molecule has 2 aromatic rings. The second-order valence-electron chi connectivity index (χ2n) is 4.53. The summed E-state index contributed by atoms with van der Waals surface area (Å²) in [6.45, 7) is 2.95. The molecule has 88 valence electrons. The minimum absolute atomic E-state index is 0.723. The van der Waals surface area contributed by atoms with Gasteiger partial charge in [0.1, 0.15) is 10.0 Å². The number of hydrogen-bond donors (Lipinski definition) is 1. The van der Waals surface area contributed by atoms with Crippen LogP contribution in [-0.4, -0.2) is 16.2 Å². The molecule has 1 aromatic carbocycles. The van der Waals surface area contributed by atoms with Crippen LogP contribution in [0.15, 0.2) is 24.3 Å². The van der Waals surface area contributed by atoms with E-state index in [9.17, 15) is 0 Å². The third-order valence-corrected chi connectivity index (χ3v) is 3.82. The lowest BCUT2D eigenvalue weighted by Gasteiger charge is -1.97. The van der Waals surface area contributed by atoms with E-state index in [1.54, 1.807) is 11.3 Å². The Bertz CT molecular complexity index is 517. The van der Waals surface area contributed by atoms with E-state index < -0.39 is 0 Å². The van der Waals surface area contributed by atoms with Crippen molar-refractivity contribution in [3.8, 4) is 10.6 Å². The quantitative estimate of drug-likeness (QED) is 0.900. The standard InChI is InChI=1S/C13H15N3S/c1-9-3-2-4-10(7-9)13-16-15-12(17-13)8-14-11-5-6-11/h2-4,7,11,14H,5-6,8H2,1H3. The molecule has 1 saturated carbocycles. The van der Waals surface area contributed by atoms with Crippen LogP contribution in [0.25, 0.3) is 10.6 Å². The smallest absolute Gasteiger partial charge is 0.147 e. The SMILES string of the molecule is Cc1cccc(-c2nnc(CNC3CC3)s2)c1. The zero-order valence-corrected chi connectivity index (χ0v) is 10.6. The molecule has 1 aliphatic rings. The molecule has 1 aliphatic carbocycles. The van der Waals surface area contributed by atoms with Crippen LogP contribution >= 0.6 is 11.3 Å². The Balaban J connectivity index is 1.74. The highest BCUT2D eigenvalue weighted by molar-refractivity contribution is 7.14. The van der Waals surface area contributed by atoms with Crippen molar-refractivity contribution in [2.45, 2.75) is 32.4 Å². The van der Waals surface area contributed by atoms with Crippen LogP contribution in [0.4, 0.5) is 0 Å². The summed E-state index contributed by atoms with van der Waals surface area (Å²) in [7, 11) is 0. The number of rotatable bonds is 4. The third-order valence-electron chi connectivity index (χ3n) is 2.85. The molecule has 3 nitrogen and oxygen atoms in total. The lowest BCUT2D eigenvalue weighted by atomic mass is 10.1. The zero-order chi connectivity index (χ0) is 11.7. The van der Waals surface area contributed by atoms with Crippen LogP contribution in [0.3, 0.4) is 0 Å². The van der Waals surface area contributed by atoms with E-state index in [-0.39, 0.29) is 0 Å². The van der Waals surface area contributed by atoms with Crippen LogP contribution in [0, 0.1) is 6.92 Å². The van der Waals surface area contributed by atoms with Gasteiger partial charge >= 0.3 is 0 Å². The monoisotopic (exact) mass is 245 g/mol. The van der Waals surface area contributed by atoms with Crippen molar-refractivity contribution in [3.05, 3.63) is 34.8 Å². The van der Waals surface area contributed by atoms with Crippen LogP contribution in [0.2, 0.25) is 0 Å². The summed E-state index contributed by atoms with van der Waals surface area (Å²) in [4.78, 5) is 0. The molecular weight excluding hydrogens is 230 g/mol. The van der Waals surface area contributed by atoms with Gasteiger partial charge < -0.3 is 5.32 Å². The fourth-order valence-corrected chi connectivity index (χ4v) is 2.53. The lowest BCUT2D eigenvalue weighted by molar-refractivity contribution is 0.679. The van der Waals surface area contributed by atoms with Crippen molar-refractivity contribution < 1.29 is 0 Å². The highest BCUT2D eigenvalue weighted by Crippen LogP contribution is 2.25. The van der Waals surface area contributed by atoms with Gasteiger partial charge in [-0.15, -0.1) is 10.2 Å². The maximum absolute atomic E-state index is 4.25. The number of hydrogen-bond acceptors (Lipinski definition) is 4. The molecule has 1 aromatic heterocycles. The van der Waals surface area contributed by atoms with Gasteiger partial charge in [0.25, 0.3) is 0 Å². The normalized spacial score (nSPS) is 15.1. The first-order chi connectivity index (χ1) is 8.31. The first kappa shape index (κ1) is 10.9. The lowest BCUT2D eigenvalue weighted by Crippen LogP contribution is -2.14. The average Bonchev–Trinajstić information content (AvgIpc) is 3.04. The first-order valence-corrected chi connectivity index (χ1v) is 6.76. The van der Waals surface area contributed by atoms with Gasteiger partial charge in [-0.1, -0.05) is 35.1 Å². The van der Waals surface area contributed by atoms with E-state index in [0.717, 1.165) is 22.6 Å². The predicted molar refractivity (Wildman–Crippen MR) is 69.9 cm³/mol. The molecule has 3 rings (SSSR count). The van der Waals surface area contributed by atoms with E-state index in [2.05, 4.69) is 46.7 Å². The van der Waals surface area contributed by atoms with Crippen molar-refractivity contribution in [1.82, 2.24) is 15.5 Å². The van der Waals surface area contributed by atoms with Crippen molar-refractivity contribution in [1.29, 1.82) is 0 Å². The second-order valence-corrected chi connectivity index (χ2v) is 5.59. The van der Waals surface area contributed by atoms with E-state index in [0.29, 0.717) is 0 Å². The Hall–Kier alpha value is -1.26. The molecule has 0 atom stereocenters. The van der Waals surface area contributed by atoms with Gasteiger partial charge in [-0.3, -0.25) is 0 Å². The van der Waals surface area contributed by atoms with E-state index in [1.807, 2.05) is 0 Å². The maximum Gasteiger partial charge on any atom is 0.147 e. The zero-order valence-electron chi connectivity index (χ0n) is 9.81. The Morgan fingerprint density at radius 3 is 3.00 bits per heavy atom. The summed E-state index contributed by atoms with van der Waals surface area (Å²) in [5.74, 6) is 0. The van der Waals surface area contributed by atoms with Crippen molar-refractivity contribution in [2.24, 2.45) is 0 Å². The van der Waals surface area contributed by atoms with E-state index >= 15 is 0 Å². The van der Waals surface area contributed by atoms with Crippen molar-refractivity contribution >= 4 is 11.3 Å². The summed E-state index contributed by atoms with van der Waals surface area (Å²) in [6, 6.07) is 9.12. The minimum Gasteiger partial charge on any atom is -0.308 e. The first-order valence-electron chi connectivity index (χ1n) is 5.94. The van der Waals surface area contributed by atoms with Crippen LogP contribution in [-0.2, 0) is 6.54 Å². The highest BCUT2D eigenvalue weighted by Gasteiger charge is 2.20. The highest BCUT2D eigenvalue weighted by atomic mass is 32.1. The largest absolute Gasteiger partial charge is 0.308 e. The molecule has 0 saturated heterocycles. The van der Waals surface area contributed by atoms with Gasteiger partial charge in [-0.25, -0.2) is 0 Å². The van der Waals surface area contributed by atoms with E-state index in [4.69, 9.17) is 0 Å². The van der Waals surface area contributed by atoms with Gasteiger partial charge in [0.15, 0.2) is 0 Å². The Morgan fingerprint density at radius 2 is 2.24 bits per heavy atom. The topological polar surface area (TPSA) is 37.8 Å². The minimum atomic E-state index is 0.723. The van der Waals surface area contributed by atoms with Gasteiger partial charge in [-0.2, -0.15) is 0 Å².